The lowest BCUT2D eigenvalue weighted by molar-refractivity contribution is 0.158. The van der Waals surface area contributed by atoms with Crippen LogP contribution < -0.4 is 0 Å². The zero-order valence-electron chi connectivity index (χ0n) is 14.5. The highest BCUT2D eigenvalue weighted by Gasteiger charge is 2.38. The van der Waals surface area contributed by atoms with Crippen molar-refractivity contribution in [3.8, 4) is 5.75 Å². The molecule has 0 radical (unpaired) electrons. The molecule has 0 aromatic heterocycles. The van der Waals surface area contributed by atoms with E-state index in [0.717, 1.165) is 28.7 Å². The van der Waals surface area contributed by atoms with Crippen LogP contribution in [-0.4, -0.2) is 12.2 Å². The van der Waals surface area contributed by atoms with Crippen LogP contribution in [0.25, 0.3) is 5.76 Å². The third-order valence-corrected chi connectivity index (χ3v) is 6.11. The second-order valence-electron chi connectivity index (χ2n) is 7.59. The molecule has 2 aliphatic rings. The predicted octanol–water partition coefficient (Wildman–Crippen LogP) is 5.80. The van der Waals surface area contributed by atoms with Gasteiger partial charge in [-0.25, -0.2) is 0 Å². The maximum atomic E-state index is 10.2. The molecular weight excluding hydrogens is 308 g/mol. The van der Waals surface area contributed by atoms with Gasteiger partial charge in [-0.1, -0.05) is 31.5 Å². The highest BCUT2D eigenvalue weighted by Crippen LogP contribution is 2.50. The minimum Gasteiger partial charge on any atom is -0.506 e. The Labute approximate surface area is 144 Å². The topological polar surface area (TPSA) is 29.5 Å². The van der Waals surface area contributed by atoms with Gasteiger partial charge in [0.2, 0.25) is 0 Å². The minimum atomic E-state index is 0.165. The second kappa shape index (κ2) is 6.39. The standard InChI is InChI=1S/C20H27ClO2/c1-11-7-14-9-13(3)17(15(8-11)10-14)20(23-4)16-6-5-12(2)19(22)18(16)21/h5-6,11,13-15,22H,7-10H2,1-4H3/b20-17-. The van der Waals surface area contributed by atoms with Crippen molar-refractivity contribution in [2.75, 3.05) is 7.11 Å². The van der Waals surface area contributed by atoms with Gasteiger partial charge in [-0.05, 0) is 73.5 Å². The Morgan fingerprint density at radius 2 is 1.91 bits per heavy atom. The van der Waals surface area contributed by atoms with Crippen molar-refractivity contribution >= 4 is 17.4 Å². The first-order chi connectivity index (χ1) is 10.9. The SMILES string of the molecule is CO/C(=C1/C(C)CC2CC(C)CC1C2)c1ccc(C)c(O)c1Cl. The fourth-order valence-corrected chi connectivity index (χ4v) is 5.15. The summed E-state index contributed by atoms with van der Waals surface area (Å²) >= 11 is 6.44. The summed E-state index contributed by atoms with van der Waals surface area (Å²) in [4.78, 5) is 0. The number of phenolic OH excluding ortho intramolecular Hbond substituents is 1. The molecule has 4 atom stereocenters. The molecule has 1 N–H and O–H groups in total. The summed E-state index contributed by atoms with van der Waals surface area (Å²) in [6.45, 7) is 6.54. The summed E-state index contributed by atoms with van der Waals surface area (Å²) in [5.41, 5.74) is 3.03. The van der Waals surface area contributed by atoms with Gasteiger partial charge in [0.15, 0.2) is 0 Å². The first kappa shape index (κ1) is 16.7. The number of ether oxygens (including phenoxy) is 1. The quantitative estimate of drug-likeness (QED) is 0.692. The minimum absolute atomic E-state index is 0.165. The Balaban J connectivity index is 2.10. The number of hydrogen-bond donors (Lipinski definition) is 1. The normalized spacial score (nSPS) is 32.6. The number of methoxy groups -OCH3 is 1. The van der Waals surface area contributed by atoms with Gasteiger partial charge in [0, 0.05) is 5.56 Å². The number of hydrogen-bond acceptors (Lipinski definition) is 2. The van der Waals surface area contributed by atoms with Gasteiger partial charge >= 0.3 is 0 Å². The summed E-state index contributed by atoms with van der Waals surface area (Å²) in [5, 5.41) is 10.6. The molecule has 3 rings (SSSR count). The summed E-state index contributed by atoms with van der Waals surface area (Å²) in [5.74, 6) is 3.78. The predicted molar refractivity (Wildman–Crippen MR) is 95.6 cm³/mol. The average molecular weight is 335 g/mol. The molecule has 2 aliphatic carbocycles. The van der Waals surface area contributed by atoms with Crippen LogP contribution in [0.4, 0.5) is 0 Å². The van der Waals surface area contributed by atoms with E-state index in [2.05, 4.69) is 13.8 Å². The van der Waals surface area contributed by atoms with Crippen molar-refractivity contribution in [1.82, 2.24) is 0 Å². The van der Waals surface area contributed by atoms with E-state index in [1.54, 1.807) is 7.11 Å². The molecule has 1 aromatic carbocycles. The van der Waals surface area contributed by atoms with Crippen LogP contribution in [0.2, 0.25) is 5.02 Å². The third kappa shape index (κ3) is 2.98. The number of aryl methyl sites for hydroxylation is 1. The summed E-state index contributed by atoms with van der Waals surface area (Å²) < 4.78 is 5.83. The van der Waals surface area contributed by atoms with Crippen LogP contribution in [-0.2, 0) is 4.74 Å². The largest absolute Gasteiger partial charge is 0.506 e. The zero-order chi connectivity index (χ0) is 16.7. The van der Waals surface area contributed by atoms with Crippen molar-refractivity contribution in [3.05, 3.63) is 33.9 Å². The molecule has 126 valence electrons. The van der Waals surface area contributed by atoms with Crippen LogP contribution in [0.1, 0.15) is 50.7 Å². The van der Waals surface area contributed by atoms with Crippen LogP contribution >= 0.6 is 11.6 Å². The van der Waals surface area contributed by atoms with E-state index >= 15 is 0 Å². The van der Waals surface area contributed by atoms with E-state index in [1.807, 2.05) is 19.1 Å². The Morgan fingerprint density at radius 1 is 1.17 bits per heavy atom. The Hall–Kier alpha value is -1.15. The molecule has 0 heterocycles. The smallest absolute Gasteiger partial charge is 0.137 e. The van der Waals surface area contributed by atoms with Crippen molar-refractivity contribution in [1.29, 1.82) is 0 Å². The van der Waals surface area contributed by atoms with E-state index in [9.17, 15) is 5.11 Å². The van der Waals surface area contributed by atoms with Crippen molar-refractivity contribution in [3.63, 3.8) is 0 Å². The first-order valence-corrected chi connectivity index (χ1v) is 9.06. The van der Waals surface area contributed by atoms with Gasteiger partial charge in [-0.15, -0.1) is 0 Å². The number of benzene rings is 1. The summed E-state index contributed by atoms with van der Waals surface area (Å²) in [6, 6.07) is 3.89. The molecule has 2 saturated carbocycles. The molecule has 2 fully saturated rings. The first-order valence-electron chi connectivity index (χ1n) is 8.68. The van der Waals surface area contributed by atoms with Crippen molar-refractivity contribution in [2.24, 2.45) is 23.7 Å². The van der Waals surface area contributed by atoms with Gasteiger partial charge in [0.25, 0.3) is 0 Å². The van der Waals surface area contributed by atoms with E-state index in [1.165, 1.54) is 31.3 Å². The Morgan fingerprint density at radius 3 is 2.61 bits per heavy atom. The van der Waals surface area contributed by atoms with Crippen LogP contribution in [0.5, 0.6) is 5.75 Å². The second-order valence-corrected chi connectivity index (χ2v) is 7.97. The monoisotopic (exact) mass is 334 g/mol. The third-order valence-electron chi connectivity index (χ3n) is 5.73. The van der Waals surface area contributed by atoms with E-state index < -0.39 is 0 Å². The number of phenols is 1. The van der Waals surface area contributed by atoms with E-state index in [0.29, 0.717) is 16.9 Å². The molecule has 2 nitrogen and oxygen atoms in total. The van der Waals surface area contributed by atoms with Crippen molar-refractivity contribution in [2.45, 2.75) is 46.5 Å². The lowest BCUT2D eigenvalue weighted by Gasteiger charge is -2.43. The lowest BCUT2D eigenvalue weighted by Crippen LogP contribution is -2.32. The Bertz CT molecular complexity index is 631. The summed E-state index contributed by atoms with van der Waals surface area (Å²) in [7, 11) is 1.72. The molecule has 0 spiro atoms. The van der Waals surface area contributed by atoms with Gasteiger partial charge in [-0.2, -0.15) is 0 Å². The maximum absolute atomic E-state index is 10.2. The molecule has 0 aliphatic heterocycles. The number of rotatable bonds is 2. The molecule has 23 heavy (non-hydrogen) atoms. The molecule has 2 bridgehead atoms. The van der Waals surface area contributed by atoms with Gasteiger partial charge in [0.1, 0.15) is 11.5 Å². The maximum Gasteiger partial charge on any atom is 0.137 e. The molecule has 4 unspecified atom stereocenters. The van der Waals surface area contributed by atoms with Gasteiger partial charge in [-0.3, -0.25) is 0 Å². The molecule has 1 aromatic rings. The van der Waals surface area contributed by atoms with Gasteiger partial charge < -0.3 is 9.84 Å². The number of fused-ring (bicyclic) bond motifs is 2. The lowest BCUT2D eigenvalue weighted by atomic mass is 9.62. The van der Waals surface area contributed by atoms with E-state index in [4.69, 9.17) is 16.3 Å². The number of halogens is 1. The number of allylic oxidation sites excluding steroid dienone is 1. The molecular formula is C20H27ClO2. The van der Waals surface area contributed by atoms with Crippen LogP contribution in [0.3, 0.4) is 0 Å². The molecule has 3 heteroatoms. The van der Waals surface area contributed by atoms with Crippen LogP contribution in [0, 0.1) is 30.6 Å². The zero-order valence-corrected chi connectivity index (χ0v) is 15.3. The summed E-state index contributed by atoms with van der Waals surface area (Å²) in [6.07, 6.45) is 5.10. The van der Waals surface area contributed by atoms with Crippen LogP contribution in [0.15, 0.2) is 17.7 Å². The molecule has 0 amide bonds. The molecule has 0 saturated heterocycles. The van der Waals surface area contributed by atoms with Gasteiger partial charge in [0.05, 0.1) is 12.1 Å². The fraction of sp³-hybridized carbons (Fsp3) is 0.600. The van der Waals surface area contributed by atoms with Crippen molar-refractivity contribution < 1.29 is 9.84 Å². The fourth-order valence-electron chi connectivity index (χ4n) is 4.85. The average Bonchev–Trinajstić information content (AvgIpc) is 2.49. The number of aromatic hydroxyl groups is 1. The highest BCUT2D eigenvalue weighted by molar-refractivity contribution is 6.33. The van der Waals surface area contributed by atoms with E-state index in [-0.39, 0.29) is 5.75 Å². The highest BCUT2D eigenvalue weighted by atomic mass is 35.5. The Kier molecular flexibility index (Phi) is 4.64.